The topological polar surface area (TPSA) is 34.1 Å². The number of nitrogens with zero attached hydrogens (tertiary/aromatic N) is 2. The molecule has 154 valence electrons. The first-order valence-electron chi connectivity index (χ1n) is 10.6. The van der Waals surface area contributed by atoms with Crippen molar-refractivity contribution in [3.63, 3.8) is 0 Å². The molecule has 1 aliphatic rings. The summed E-state index contributed by atoms with van der Waals surface area (Å²) in [6, 6.07) is 26.4. The van der Waals surface area contributed by atoms with E-state index in [1.165, 1.54) is 19.3 Å². The van der Waals surface area contributed by atoms with Crippen molar-refractivity contribution in [2.75, 3.05) is 13.1 Å². The van der Waals surface area contributed by atoms with Gasteiger partial charge in [0, 0.05) is 13.1 Å². The quantitative estimate of drug-likeness (QED) is 0.457. The molecule has 0 saturated carbocycles. The smallest absolute Gasteiger partial charge is 0.162 e. The third kappa shape index (κ3) is 5.86. The van der Waals surface area contributed by atoms with Crippen molar-refractivity contribution in [1.82, 2.24) is 5.01 Å². The summed E-state index contributed by atoms with van der Waals surface area (Å²) < 4.78 is 12.2. The van der Waals surface area contributed by atoms with Gasteiger partial charge in [0.2, 0.25) is 0 Å². The maximum absolute atomic E-state index is 6.14. The average Bonchev–Trinajstić information content (AvgIpc) is 2.82. The van der Waals surface area contributed by atoms with Crippen LogP contribution >= 0.6 is 0 Å². The molecule has 0 N–H and O–H groups in total. The molecular formula is C26H28N2O2. The van der Waals surface area contributed by atoms with E-state index in [0.717, 1.165) is 41.3 Å². The second-order valence-electron chi connectivity index (χ2n) is 7.51. The van der Waals surface area contributed by atoms with E-state index in [0.29, 0.717) is 13.2 Å². The van der Waals surface area contributed by atoms with Gasteiger partial charge in [0.25, 0.3) is 0 Å². The van der Waals surface area contributed by atoms with Crippen LogP contribution in [-0.2, 0) is 13.2 Å². The van der Waals surface area contributed by atoms with Gasteiger partial charge in [0.1, 0.15) is 13.2 Å². The highest BCUT2D eigenvalue weighted by Gasteiger charge is 2.09. The Morgan fingerprint density at radius 3 is 1.93 bits per heavy atom. The minimum absolute atomic E-state index is 0.495. The zero-order valence-electron chi connectivity index (χ0n) is 17.2. The standard InChI is InChI=1S/C26H28N2O2/c1-4-10-22(11-5-1)20-29-25-15-14-24(19-27-28-16-8-3-9-17-28)18-26(25)30-21-23-12-6-2-7-13-23/h1-2,4-7,10-15,18-19H,3,8-9,16-17,20-21H2/b27-19+. The Labute approximate surface area is 178 Å². The number of ether oxygens (including phenoxy) is 2. The number of hydrazone groups is 1. The summed E-state index contributed by atoms with van der Waals surface area (Å²) in [5.74, 6) is 1.47. The van der Waals surface area contributed by atoms with Gasteiger partial charge in [-0.25, -0.2) is 0 Å². The van der Waals surface area contributed by atoms with E-state index in [2.05, 4.69) is 34.4 Å². The Kier molecular flexibility index (Phi) is 7.00. The monoisotopic (exact) mass is 400 g/mol. The molecule has 0 amide bonds. The van der Waals surface area contributed by atoms with Crippen molar-refractivity contribution >= 4 is 6.21 Å². The Bertz CT molecular complexity index is 936. The molecule has 1 fully saturated rings. The maximum atomic E-state index is 6.14. The van der Waals surface area contributed by atoms with Crippen LogP contribution in [-0.4, -0.2) is 24.3 Å². The summed E-state index contributed by atoms with van der Waals surface area (Å²) in [5.41, 5.74) is 3.26. The molecule has 4 heteroatoms. The second kappa shape index (κ2) is 10.5. The molecule has 0 bridgehead atoms. The first kappa shape index (κ1) is 20.0. The first-order valence-corrected chi connectivity index (χ1v) is 10.6. The van der Waals surface area contributed by atoms with Gasteiger partial charge in [0.05, 0.1) is 6.21 Å². The third-order valence-corrected chi connectivity index (χ3v) is 5.14. The van der Waals surface area contributed by atoms with Crippen LogP contribution in [0.5, 0.6) is 11.5 Å². The van der Waals surface area contributed by atoms with Crippen LogP contribution < -0.4 is 9.47 Å². The molecule has 30 heavy (non-hydrogen) atoms. The molecule has 1 heterocycles. The zero-order valence-corrected chi connectivity index (χ0v) is 17.2. The van der Waals surface area contributed by atoms with Crippen LogP contribution in [0, 0.1) is 0 Å². The first-order chi connectivity index (χ1) is 14.9. The van der Waals surface area contributed by atoms with Crippen molar-refractivity contribution in [1.29, 1.82) is 0 Å². The van der Waals surface area contributed by atoms with E-state index >= 15 is 0 Å². The molecule has 0 aliphatic carbocycles. The predicted octanol–water partition coefficient (Wildman–Crippen LogP) is 5.66. The van der Waals surface area contributed by atoms with Crippen molar-refractivity contribution in [3.05, 3.63) is 95.6 Å². The highest BCUT2D eigenvalue weighted by Crippen LogP contribution is 2.30. The average molecular weight is 401 g/mol. The molecule has 4 nitrogen and oxygen atoms in total. The summed E-state index contributed by atoms with van der Waals surface area (Å²) in [5, 5.41) is 6.79. The van der Waals surface area contributed by atoms with Gasteiger partial charge in [-0.2, -0.15) is 5.10 Å². The van der Waals surface area contributed by atoms with Crippen molar-refractivity contribution in [2.24, 2.45) is 5.10 Å². The minimum atomic E-state index is 0.495. The molecule has 0 radical (unpaired) electrons. The van der Waals surface area contributed by atoms with Crippen LogP contribution in [0.4, 0.5) is 0 Å². The van der Waals surface area contributed by atoms with Gasteiger partial charge >= 0.3 is 0 Å². The summed E-state index contributed by atoms with van der Waals surface area (Å²) in [6.45, 7) is 3.07. The van der Waals surface area contributed by atoms with Crippen molar-refractivity contribution in [3.8, 4) is 11.5 Å². The lowest BCUT2D eigenvalue weighted by Crippen LogP contribution is -2.24. The fourth-order valence-corrected chi connectivity index (χ4v) is 3.45. The summed E-state index contributed by atoms with van der Waals surface area (Å²) in [6.07, 6.45) is 5.66. The molecule has 0 aromatic heterocycles. The van der Waals surface area contributed by atoms with Crippen LogP contribution in [0.25, 0.3) is 0 Å². The number of benzene rings is 3. The van der Waals surface area contributed by atoms with E-state index < -0.39 is 0 Å². The third-order valence-electron chi connectivity index (χ3n) is 5.14. The fourth-order valence-electron chi connectivity index (χ4n) is 3.45. The van der Waals surface area contributed by atoms with Crippen molar-refractivity contribution < 1.29 is 9.47 Å². The normalized spacial score (nSPS) is 14.1. The molecule has 4 rings (SSSR count). The van der Waals surface area contributed by atoms with E-state index in [1.807, 2.05) is 60.8 Å². The van der Waals surface area contributed by atoms with Gasteiger partial charge in [-0.15, -0.1) is 0 Å². The predicted molar refractivity (Wildman–Crippen MR) is 121 cm³/mol. The molecule has 0 atom stereocenters. The highest BCUT2D eigenvalue weighted by molar-refractivity contribution is 5.80. The summed E-state index contributed by atoms with van der Waals surface area (Å²) >= 11 is 0. The molecule has 3 aromatic rings. The Morgan fingerprint density at radius 1 is 0.700 bits per heavy atom. The molecular weight excluding hydrogens is 372 g/mol. The number of hydrogen-bond acceptors (Lipinski definition) is 4. The maximum Gasteiger partial charge on any atom is 0.162 e. The highest BCUT2D eigenvalue weighted by atomic mass is 16.5. The SMILES string of the molecule is C(=N\N1CCCCC1)/c1ccc(OCc2ccccc2)c(OCc2ccccc2)c1. The molecule has 0 spiro atoms. The molecule has 0 unspecified atom stereocenters. The lowest BCUT2D eigenvalue weighted by molar-refractivity contribution is 0.240. The lowest BCUT2D eigenvalue weighted by atomic mass is 10.2. The fraction of sp³-hybridized carbons (Fsp3) is 0.269. The van der Waals surface area contributed by atoms with Gasteiger partial charge in [-0.05, 0) is 54.2 Å². The van der Waals surface area contributed by atoms with Gasteiger partial charge in [0.15, 0.2) is 11.5 Å². The van der Waals surface area contributed by atoms with Crippen LogP contribution in [0.3, 0.4) is 0 Å². The molecule has 1 saturated heterocycles. The van der Waals surface area contributed by atoms with E-state index in [-0.39, 0.29) is 0 Å². The van der Waals surface area contributed by atoms with Gasteiger partial charge in [-0.1, -0.05) is 60.7 Å². The van der Waals surface area contributed by atoms with E-state index in [4.69, 9.17) is 9.47 Å². The molecule has 3 aromatic carbocycles. The number of piperidine rings is 1. The van der Waals surface area contributed by atoms with Crippen molar-refractivity contribution in [2.45, 2.75) is 32.5 Å². The van der Waals surface area contributed by atoms with Gasteiger partial charge < -0.3 is 9.47 Å². The Morgan fingerprint density at radius 2 is 1.30 bits per heavy atom. The van der Waals surface area contributed by atoms with Gasteiger partial charge in [-0.3, -0.25) is 5.01 Å². The lowest BCUT2D eigenvalue weighted by Gasteiger charge is -2.23. The summed E-state index contributed by atoms with van der Waals surface area (Å²) in [7, 11) is 0. The van der Waals surface area contributed by atoms with Crippen LogP contribution in [0.2, 0.25) is 0 Å². The van der Waals surface area contributed by atoms with Crippen LogP contribution in [0.1, 0.15) is 36.0 Å². The largest absolute Gasteiger partial charge is 0.485 e. The Balaban J connectivity index is 1.49. The summed E-state index contributed by atoms with van der Waals surface area (Å²) in [4.78, 5) is 0. The number of hydrogen-bond donors (Lipinski definition) is 0. The van der Waals surface area contributed by atoms with E-state index in [9.17, 15) is 0 Å². The number of rotatable bonds is 8. The zero-order chi connectivity index (χ0) is 20.4. The minimum Gasteiger partial charge on any atom is -0.485 e. The molecule has 1 aliphatic heterocycles. The Hall–Kier alpha value is -3.27. The van der Waals surface area contributed by atoms with Crippen LogP contribution in [0.15, 0.2) is 84.0 Å². The second-order valence-corrected chi connectivity index (χ2v) is 7.51. The van der Waals surface area contributed by atoms with E-state index in [1.54, 1.807) is 0 Å².